The quantitative estimate of drug-likeness (QED) is 0.144. The number of hydrogen-bond donors (Lipinski definition) is 1. The minimum absolute atomic E-state index is 0.0465. The molecule has 8 aliphatic rings. The Kier molecular flexibility index (Phi) is 16.9. The highest BCUT2D eigenvalue weighted by Gasteiger charge is 2.65. The summed E-state index contributed by atoms with van der Waals surface area (Å²) in [6.07, 6.45) is 34.5. The van der Waals surface area contributed by atoms with Gasteiger partial charge in [0.2, 0.25) is 0 Å². The van der Waals surface area contributed by atoms with Gasteiger partial charge >= 0.3 is 5.97 Å². The van der Waals surface area contributed by atoms with Gasteiger partial charge < -0.3 is 9.84 Å². The van der Waals surface area contributed by atoms with Crippen LogP contribution >= 0.6 is 0 Å². The van der Waals surface area contributed by atoms with E-state index in [-0.39, 0.29) is 42.2 Å². The van der Waals surface area contributed by atoms with Crippen molar-refractivity contribution in [1.29, 1.82) is 0 Å². The molecule has 4 saturated carbocycles. The number of esters is 1. The van der Waals surface area contributed by atoms with E-state index in [0.717, 1.165) is 42.9 Å². The lowest BCUT2D eigenvalue weighted by Crippen LogP contribution is -2.55. The molecule has 2 radical (unpaired) electrons. The molecule has 0 aromatic carbocycles. The number of ether oxygens (including phenoxy) is 1. The summed E-state index contributed by atoms with van der Waals surface area (Å²) in [5, 5.41) is 10.8. The van der Waals surface area contributed by atoms with Crippen LogP contribution in [0.4, 0.5) is 0 Å². The Balaban J connectivity index is 0.000000209. The van der Waals surface area contributed by atoms with Gasteiger partial charge in [0.1, 0.15) is 6.10 Å². The number of aliphatic hydroxyl groups excluding tert-OH is 1. The fourth-order valence-corrected chi connectivity index (χ4v) is 19.7. The molecule has 0 aliphatic heterocycles. The van der Waals surface area contributed by atoms with Crippen molar-refractivity contribution in [2.24, 2.45) is 78.8 Å². The summed E-state index contributed by atoms with van der Waals surface area (Å²) in [7, 11) is 5.00. The zero-order chi connectivity index (χ0) is 53.0. The van der Waals surface area contributed by atoms with E-state index in [9.17, 15) is 9.90 Å². The maximum absolute atomic E-state index is 12.9. The third kappa shape index (κ3) is 9.51. The number of rotatable bonds is 10. The summed E-state index contributed by atoms with van der Waals surface area (Å²) in [5.41, 5.74) is 12.6. The molecule has 5 nitrogen and oxygen atoms in total. The summed E-state index contributed by atoms with van der Waals surface area (Å²) < 4.78 is 6.15. The van der Waals surface area contributed by atoms with Crippen LogP contribution in [0, 0.1) is 78.8 Å². The van der Waals surface area contributed by atoms with Crippen molar-refractivity contribution in [1.82, 2.24) is 9.97 Å². The number of nitrogens with zero attached hydrogens (tertiary/aromatic N) is 2. The Labute approximate surface area is 444 Å². The van der Waals surface area contributed by atoms with Crippen LogP contribution < -0.4 is 0 Å². The first-order chi connectivity index (χ1) is 33.7. The largest absolute Gasteiger partial charge is 0.457 e. The third-order valence-electron chi connectivity index (χ3n) is 24.3. The van der Waals surface area contributed by atoms with Crippen molar-refractivity contribution in [2.75, 3.05) is 0 Å². The van der Waals surface area contributed by atoms with Crippen molar-refractivity contribution in [3.8, 4) is 0 Å². The SMILES string of the molecule is CC(C)=CCC[C@@H](C)[C@H]1CC[C@@]2(C)C3=C(CC[C@]12C)[C@@]1(C)CC[C@H](O)C(C)(C)C1CC3.CC(C)=CCC[C@@H](C)[C@H]1CC[C@@]2(C)C3=C(CC[C@]12C)[C@@]1(C)CC[C@H](OC(=O)c2cnccn2)C(C)(C)C1CC3.[B][BH3-]. The van der Waals surface area contributed by atoms with E-state index < -0.39 is 0 Å². The summed E-state index contributed by atoms with van der Waals surface area (Å²) in [6, 6.07) is 0. The molecule has 9 rings (SSSR count). The van der Waals surface area contributed by atoms with E-state index in [4.69, 9.17) is 12.5 Å². The first-order valence-corrected chi connectivity index (χ1v) is 29.1. The molecular formula is C65H105B2N2O3-. The van der Waals surface area contributed by atoms with Crippen LogP contribution in [0.5, 0.6) is 0 Å². The summed E-state index contributed by atoms with van der Waals surface area (Å²) in [5.74, 6) is 4.10. The first-order valence-electron chi connectivity index (χ1n) is 29.1. The van der Waals surface area contributed by atoms with Crippen LogP contribution in [-0.4, -0.2) is 48.7 Å². The number of fused-ring (bicyclic) bond motifs is 8. The van der Waals surface area contributed by atoms with Gasteiger partial charge in [0.05, 0.1) is 12.3 Å². The monoisotopic (exact) mass is 984 g/mol. The molecular weight excluding hydrogens is 878 g/mol. The molecule has 14 atom stereocenters. The lowest BCUT2D eigenvalue weighted by molar-refractivity contribution is -0.104. The van der Waals surface area contributed by atoms with E-state index in [1.165, 1.54) is 126 Å². The fraction of sp³-hybridized carbons (Fsp3) is 0.800. The average molecular weight is 984 g/mol. The number of aliphatic hydroxyl groups is 1. The van der Waals surface area contributed by atoms with Gasteiger partial charge in [0.25, 0.3) is 0 Å². The summed E-state index contributed by atoms with van der Waals surface area (Å²) >= 11 is 0. The summed E-state index contributed by atoms with van der Waals surface area (Å²) in [6.45, 7) is 39.2. The number of carbonyl (C=O) groups is 1. The number of allylic oxidation sites excluding steroid dienone is 8. The molecule has 400 valence electrons. The second-order valence-corrected chi connectivity index (χ2v) is 28.6. The van der Waals surface area contributed by atoms with E-state index in [0.29, 0.717) is 44.6 Å². The Morgan fingerprint density at radius 1 is 0.639 bits per heavy atom. The fourth-order valence-electron chi connectivity index (χ4n) is 19.7. The molecule has 7 heteroatoms. The second-order valence-electron chi connectivity index (χ2n) is 28.6. The molecule has 1 N–H and O–H groups in total. The highest BCUT2D eigenvalue weighted by molar-refractivity contribution is 6.75. The molecule has 0 amide bonds. The van der Waals surface area contributed by atoms with Gasteiger partial charge in [0, 0.05) is 17.8 Å². The van der Waals surface area contributed by atoms with Crippen LogP contribution in [-0.2, 0) is 4.74 Å². The van der Waals surface area contributed by atoms with Gasteiger partial charge in [-0.25, -0.2) is 9.78 Å². The molecule has 0 saturated heterocycles. The van der Waals surface area contributed by atoms with Gasteiger partial charge in [-0.2, -0.15) is 7.74 Å². The maximum atomic E-state index is 12.9. The minimum atomic E-state index is -0.336. The zero-order valence-corrected chi connectivity index (χ0v) is 48.4. The van der Waals surface area contributed by atoms with Crippen LogP contribution in [0.15, 0.2) is 64.2 Å². The Bertz CT molecular complexity index is 2240. The van der Waals surface area contributed by atoms with Crippen molar-refractivity contribution >= 4 is 21.4 Å². The molecule has 72 heavy (non-hydrogen) atoms. The molecule has 8 aliphatic carbocycles. The van der Waals surface area contributed by atoms with Crippen LogP contribution in [0.1, 0.15) is 250 Å². The van der Waals surface area contributed by atoms with Crippen molar-refractivity contribution in [3.05, 3.63) is 69.9 Å². The van der Waals surface area contributed by atoms with Gasteiger partial charge in [-0.05, 0) is 230 Å². The standard InChI is InChI=1S/C35H52N2O2.C30H50O.B2H3/c1-23(2)10-9-11-24(3)25-14-18-35(8)27-12-13-29-32(4,5)30(39-31(38)28-22-36-20-21-37-28)16-17-33(29,6)26(27)15-19-34(25,35)7;1-20(2)10-9-11-21(3)22-14-18-30(8)24-12-13-25-27(4,5)26(31)16-17-28(25,6)23(24)15-19-29(22,30)7;1-2/h10,20-22,24-25,29-30H,9,11-19H2,1-8H3;10,21-22,25-26,31H,9,11-19H2,1-8H3;1H3/q;;-1/t24-,25-,29?,30+,33-,34-,35+;21-,22-,25?,26+,28-,29-,30+;/m11./s1. The van der Waals surface area contributed by atoms with E-state index in [2.05, 4.69) is 133 Å². The average Bonchev–Trinajstić information content (AvgIpc) is 3.78. The molecule has 4 fully saturated rings. The van der Waals surface area contributed by atoms with Gasteiger partial charge in [-0.15, -0.1) is 0 Å². The predicted octanol–water partition coefficient (Wildman–Crippen LogP) is 16.0. The molecule has 0 bridgehead atoms. The third-order valence-corrected chi connectivity index (χ3v) is 24.3. The van der Waals surface area contributed by atoms with Gasteiger partial charge in [-0.1, -0.05) is 136 Å². The minimum Gasteiger partial charge on any atom is -0.457 e. The smallest absolute Gasteiger partial charge is 0.358 e. The Morgan fingerprint density at radius 2 is 1.10 bits per heavy atom. The molecule has 1 aromatic rings. The first kappa shape index (κ1) is 57.3. The number of carbonyl (C=O) groups excluding carboxylic acids is 1. The van der Waals surface area contributed by atoms with Crippen molar-refractivity contribution in [2.45, 2.75) is 251 Å². The second kappa shape index (κ2) is 21.2. The normalized spacial score (nSPS) is 39.9. The van der Waals surface area contributed by atoms with Crippen LogP contribution in [0.2, 0.25) is 0 Å². The Hall–Kier alpha value is -2.40. The highest BCUT2D eigenvalue weighted by atomic mass is 16.5. The lowest BCUT2D eigenvalue weighted by Gasteiger charge is -2.62. The summed E-state index contributed by atoms with van der Waals surface area (Å²) in [4.78, 5) is 21.2. The highest BCUT2D eigenvalue weighted by Crippen LogP contribution is 2.74. The van der Waals surface area contributed by atoms with Crippen LogP contribution in [0.3, 0.4) is 0 Å². The number of aromatic nitrogens is 2. The maximum Gasteiger partial charge on any atom is 0.358 e. The van der Waals surface area contributed by atoms with Crippen molar-refractivity contribution in [3.63, 3.8) is 0 Å². The van der Waals surface area contributed by atoms with E-state index >= 15 is 0 Å². The lowest BCUT2D eigenvalue weighted by atomic mass is 9.43. The predicted molar refractivity (Wildman–Crippen MR) is 307 cm³/mol. The molecule has 2 unspecified atom stereocenters. The topological polar surface area (TPSA) is 72.3 Å². The van der Waals surface area contributed by atoms with E-state index in [1.807, 2.05) is 16.7 Å². The van der Waals surface area contributed by atoms with Gasteiger partial charge in [0.15, 0.2) is 5.69 Å². The van der Waals surface area contributed by atoms with Crippen molar-refractivity contribution < 1.29 is 14.6 Å². The molecule has 0 spiro atoms. The Morgan fingerprint density at radius 3 is 1.54 bits per heavy atom. The molecule has 1 heterocycles. The number of hydrogen-bond acceptors (Lipinski definition) is 5. The van der Waals surface area contributed by atoms with Gasteiger partial charge in [-0.3, -0.25) is 4.98 Å². The zero-order valence-electron chi connectivity index (χ0n) is 48.4. The molecule has 1 aromatic heterocycles. The van der Waals surface area contributed by atoms with Crippen LogP contribution in [0.25, 0.3) is 0 Å². The van der Waals surface area contributed by atoms with E-state index in [1.54, 1.807) is 18.0 Å².